The van der Waals surface area contributed by atoms with Crippen molar-refractivity contribution in [1.82, 2.24) is 5.32 Å². The van der Waals surface area contributed by atoms with E-state index in [0.717, 1.165) is 25.7 Å². The molecular weight excluding hydrogens is 393 g/mol. The van der Waals surface area contributed by atoms with Crippen molar-refractivity contribution in [2.24, 2.45) is 0 Å². The van der Waals surface area contributed by atoms with Crippen LogP contribution in [-0.2, 0) is 4.79 Å². The van der Waals surface area contributed by atoms with Crippen LogP contribution in [-0.4, -0.2) is 41.8 Å². The lowest BCUT2D eigenvalue weighted by molar-refractivity contribution is -0.303. The van der Waals surface area contributed by atoms with Gasteiger partial charge in [0.2, 0.25) is 11.6 Å². The van der Waals surface area contributed by atoms with E-state index in [1.54, 1.807) is 0 Å². The first kappa shape index (κ1) is 23.9. The Bertz CT molecular complexity index is 496. The van der Waals surface area contributed by atoms with Crippen molar-refractivity contribution in [3.05, 3.63) is 0 Å². The van der Waals surface area contributed by atoms with Gasteiger partial charge >= 0.3 is 23.7 Å². The minimum atomic E-state index is -6.54. The highest BCUT2D eigenvalue weighted by molar-refractivity contribution is 5.75. The average molecular weight is 415 g/mol. The number of carbonyl (C=O) groups is 1. The van der Waals surface area contributed by atoms with Gasteiger partial charge in [0.05, 0.1) is 0 Å². The molecule has 27 heavy (non-hydrogen) atoms. The number of hydrogen-bond donors (Lipinski definition) is 1. The molecule has 0 radical (unpaired) electrons. The molecule has 11 heteroatoms. The summed E-state index contributed by atoms with van der Waals surface area (Å²) in [5.41, 5.74) is -5.43. The first-order valence-electron chi connectivity index (χ1n) is 8.67. The lowest BCUT2D eigenvalue weighted by atomic mass is 9.91. The summed E-state index contributed by atoms with van der Waals surface area (Å²) in [6.07, 6.45) is 1.32. The predicted molar refractivity (Wildman–Crippen MR) is 79.2 cm³/mol. The minimum absolute atomic E-state index is 0.0624. The second-order valence-corrected chi connectivity index (χ2v) is 6.72. The van der Waals surface area contributed by atoms with Crippen molar-refractivity contribution < 1.29 is 44.3 Å². The maximum Gasteiger partial charge on any atom is 0.381 e. The fourth-order valence-electron chi connectivity index (χ4n) is 2.94. The third-order valence-corrected chi connectivity index (χ3v) is 4.71. The van der Waals surface area contributed by atoms with Crippen molar-refractivity contribution in [3.63, 3.8) is 0 Å². The topological polar surface area (TPSA) is 29.1 Å². The van der Waals surface area contributed by atoms with Gasteiger partial charge in [-0.3, -0.25) is 4.79 Å². The van der Waals surface area contributed by atoms with E-state index < -0.39 is 54.7 Å². The Morgan fingerprint density at radius 3 is 1.67 bits per heavy atom. The first-order chi connectivity index (χ1) is 12.2. The Balaban J connectivity index is 2.60. The van der Waals surface area contributed by atoms with Gasteiger partial charge in [-0.2, -0.15) is 35.1 Å². The molecule has 0 aromatic heterocycles. The van der Waals surface area contributed by atoms with Gasteiger partial charge in [0.1, 0.15) is 0 Å². The summed E-state index contributed by atoms with van der Waals surface area (Å²) >= 11 is 0. The maximum absolute atomic E-state index is 14.1. The summed E-state index contributed by atoms with van der Waals surface area (Å²) in [4.78, 5) is 11.5. The maximum atomic E-state index is 14.1. The number of unbranched alkanes of at least 4 members (excludes halogenated alkanes) is 4. The van der Waals surface area contributed by atoms with E-state index in [4.69, 9.17) is 0 Å². The van der Waals surface area contributed by atoms with Gasteiger partial charge < -0.3 is 5.32 Å². The van der Waals surface area contributed by atoms with Crippen LogP contribution in [0.4, 0.5) is 39.5 Å². The summed E-state index contributed by atoms with van der Waals surface area (Å²) in [6, 6.07) is 0. The van der Waals surface area contributed by atoms with Crippen LogP contribution in [0.2, 0.25) is 0 Å². The van der Waals surface area contributed by atoms with Crippen molar-refractivity contribution in [2.75, 3.05) is 6.54 Å². The van der Waals surface area contributed by atoms with Crippen LogP contribution in [0.1, 0.15) is 58.3 Å². The zero-order chi connectivity index (χ0) is 21.1. The van der Waals surface area contributed by atoms with E-state index in [1.807, 2.05) is 6.92 Å². The number of hydrogen-bond acceptors (Lipinski definition) is 1. The molecular formula is C16H22F9NO. The fraction of sp³-hybridized carbons (Fsp3) is 0.938. The number of alkyl halides is 9. The molecule has 0 atom stereocenters. The normalized spacial score (nSPS) is 23.9. The Morgan fingerprint density at radius 2 is 1.19 bits per heavy atom. The molecule has 0 heterocycles. The molecule has 1 aliphatic rings. The number of rotatable bonds is 10. The zero-order valence-electron chi connectivity index (χ0n) is 14.7. The molecule has 0 saturated heterocycles. The second kappa shape index (κ2) is 8.06. The van der Waals surface area contributed by atoms with Crippen LogP contribution in [0.25, 0.3) is 0 Å². The molecule has 1 N–H and O–H groups in total. The van der Waals surface area contributed by atoms with Crippen LogP contribution >= 0.6 is 0 Å². The van der Waals surface area contributed by atoms with Crippen molar-refractivity contribution in [1.29, 1.82) is 0 Å². The minimum Gasteiger partial charge on any atom is -0.356 e. The highest BCUT2D eigenvalue weighted by atomic mass is 19.4. The van der Waals surface area contributed by atoms with Gasteiger partial charge in [0.15, 0.2) is 0 Å². The van der Waals surface area contributed by atoms with Gasteiger partial charge in [-0.05, 0) is 19.3 Å². The van der Waals surface area contributed by atoms with Crippen LogP contribution in [0.15, 0.2) is 0 Å². The highest BCUT2D eigenvalue weighted by Crippen LogP contribution is 2.70. The smallest absolute Gasteiger partial charge is 0.356 e. The lowest BCUT2D eigenvalue weighted by Crippen LogP contribution is -2.54. The van der Waals surface area contributed by atoms with Gasteiger partial charge in [0, 0.05) is 13.0 Å². The fourth-order valence-corrected chi connectivity index (χ4v) is 2.94. The van der Waals surface area contributed by atoms with E-state index in [9.17, 15) is 44.3 Å². The largest absolute Gasteiger partial charge is 0.381 e. The zero-order valence-corrected chi connectivity index (χ0v) is 14.7. The lowest BCUT2D eigenvalue weighted by Gasteiger charge is -2.30. The third-order valence-electron chi connectivity index (χ3n) is 4.71. The molecule has 1 rings (SSSR count). The van der Waals surface area contributed by atoms with Gasteiger partial charge in [-0.1, -0.05) is 32.6 Å². The molecule has 0 bridgehead atoms. The summed E-state index contributed by atoms with van der Waals surface area (Å²) in [7, 11) is 0. The Labute approximate surface area is 150 Å². The van der Waals surface area contributed by atoms with Gasteiger partial charge in [0.25, 0.3) is 0 Å². The van der Waals surface area contributed by atoms with Crippen molar-refractivity contribution >= 4 is 5.91 Å². The predicted octanol–water partition coefficient (Wildman–Crippen LogP) is 5.51. The molecule has 1 amide bonds. The summed E-state index contributed by atoms with van der Waals surface area (Å²) in [6.45, 7) is 1.41. The molecule has 1 aliphatic carbocycles. The van der Waals surface area contributed by atoms with Gasteiger partial charge in [-0.25, -0.2) is 4.39 Å². The number of amides is 1. The SMILES string of the molecule is CCCCCCCC(=O)NCCCC1(F)C(F)(F)C(F)(F)C(F)(F)C1(F)F. The quantitative estimate of drug-likeness (QED) is 0.370. The van der Waals surface area contributed by atoms with Crippen molar-refractivity contribution in [3.8, 4) is 0 Å². The van der Waals surface area contributed by atoms with Crippen LogP contribution in [0.5, 0.6) is 0 Å². The van der Waals surface area contributed by atoms with E-state index in [-0.39, 0.29) is 6.42 Å². The molecule has 160 valence electrons. The van der Waals surface area contributed by atoms with Gasteiger partial charge in [-0.15, -0.1) is 0 Å². The van der Waals surface area contributed by atoms with E-state index in [0.29, 0.717) is 6.42 Å². The molecule has 0 aromatic rings. The highest BCUT2D eigenvalue weighted by Gasteiger charge is 2.99. The second-order valence-electron chi connectivity index (χ2n) is 6.72. The first-order valence-corrected chi connectivity index (χ1v) is 8.67. The average Bonchev–Trinajstić information content (AvgIpc) is 2.61. The van der Waals surface area contributed by atoms with Crippen LogP contribution in [0, 0.1) is 0 Å². The van der Waals surface area contributed by atoms with Crippen LogP contribution < -0.4 is 5.32 Å². The summed E-state index contributed by atoms with van der Waals surface area (Å²) in [5.74, 6) is -26.2. The number of carbonyl (C=O) groups excluding carboxylic acids is 1. The number of nitrogens with one attached hydrogen (secondary N) is 1. The standard InChI is InChI=1S/C16H22F9NO/c1-2-3-4-5-6-8-11(27)26-10-7-9-12(17)13(18,19)15(22,23)16(24,25)14(12,20)21/h2-10H2,1H3,(H,26,27). The molecule has 0 aromatic carbocycles. The summed E-state index contributed by atoms with van der Waals surface area (Å²) < 4.78 is 120. The molecule has 1 fully saturated rings. The van der Waals surface area contributed by atoms with E-state index in [2.05, 4.69) is 5.32 Å². The third kappa shape index (κ3) is 3.74. The Hall–Kier alpha value is -1.16. The molecule has 0 unspecified atom stereocenters. The molecule has 0 spiro atoms. The number of halogens is 9. The Kier molecular flexibility index (Phi) is 7.13. The van der Waals surface area contributed by atoms with E-state index in [1.165, 1.54) is 0 Å². The summed E-state index contributed by atoms with van der Waals surface area (Å²) in [5, 5.41) is 2.14. The molecule has 0 aliphatic heterocycles. The molecule has 2 nitrogen and oxygen atoms in total. The molecule has 1 saturated carbocycles. The van der Waals surface area contributed by atoms with E-state index >= 15 is 0 Å². The Morgan fingerprint density at radius 1 is 0.704 bits per heavy atom. The van der Waals surface area contributed by atoms with Crippen molar-refractivity contribution in [2.45, 2.75) is 87.6 Å². The monoisotopic (exact) mass is 415 g/mol. The van der Waals surface area contributed by atoms with Crippen LogP contribution in [0.3, 0.4) is 0 Å².